The molecule has 0 radical (unpaired) electrons. The van der Waals surface area contributed by atoms with Crippen molar-refractivity contribution in [2.24, 2.45) is 0 Å². The Morgan fingerprint density at radius 1 is 1.29 bits per heavy atom. The molecule has 1 aromatic carbocycles. The minimum absolute atomic E-state index is 0.0161. The van der Waals surface area contributed by atoms with Crippen molar-refractivity contribution in [3.8, 4) is 0 Å². The third kappa shape index (κ3) is 3.91. The highest BCUT2D eigenvalue weighted by Crippen LogP contribution is 2.29. The molecule has 0 spiro atoms. The molecule has 3 rings (SSSR count). The van der Waals surface area contributed by atoms with Gasteiger partial charge in [-0.3, -0.25) is 15.0 Å². The number of halogens is 1. The smallest absolute Gasteiger partial charge is 0.312 e. The van der Waals surface area contributed by atoms with Crippen LogP contribution in [0.1, 0.15) is 24.4 Å². The highest BCUT2D eigenvalue weighted by molar-refractivity contribution is 9.10. The van der Waals surface area contributed by atoms with Crippen molar-refractivity contribution < 1.29 is 4.92 Å². The van der Waals surface area contributed by atoms with Crippen molar-refractivity contribution in [3.05, 3.63) is 62.7 Å². The summed E-state index contributed by atoms with van der Waals surface area (Å²) in [7, 11) is 0. The Morgan fingerprint density at radius 3 is 2.67 bits per heavy atom. The molecule has 0 bridgehead atoms. The van der Waals surface area contributed by atoms with Crippen LogP contribution in [0, 0.1) is 10.1 Å². The van der Waals surface area contributed by atoms with E-state index in [0.29, 0.717) is 16.8 Å². The molecule has 6 nitrogen and oxygen atoms in total. The van der Waals surface area contributed by atoms with Gasteiger partial charge in [0.15, 0.2) is 0 Å². The lowest BCUT2D eigenvalue weighted by Gasteiger charge is -2.28. The molecule has 7 heteroatoms. The minimum Gasteiger partial charge on any atom is -0.362 e. The fraction of sp³-hybridized carbons (Fsp3) is 0.353. The lowest BCUT2D eigenvalue weighted by molar-refractivity contribution is -0.384. The molecule has 1 N–H and O–H groups in total. The molecule has 2 heterocycles. The minimum atomic E-state index is -0.409. The van der Waals surface area contributed by atoms with Crippen LogP contribution in [0.5, 0.6) is 0 Å². The Morgan fingerprint density at radius 2 is 2.00 bits per heavy atom. The van der Waals surface area contributed by atoms with Gasteiger partial charge in [-0.15, -0.1) is 0 Å². The van der Waals surface area contributed by atoms with Gasteiger partial charge in [-0.05, 0) is 47.4 Å². The van der Waals surface area contributed by atoms with E-state index in [1.807, 2.05) is 18.2 Å². The van der Waals surface area contributed by atoms with E-state index in [-0.39, 0.29) is 11.7 Å². The molecule has 1 saturated heterocycles. The first-order chi connectivity index (χ1) is 11.6. The molecule has 1 aliphatic rings. The molecular formula is C17H19BrN4O2. The van der Waals surface area contributed by atoms with Crippen LogP contribution >= 0.6 is 15.9 Å². The summed E-state index contributed by atoms with van der Waals surface area (Å²) in [6.45, 7) is 2.69. The number of benzene rings is 1. The zero-order chi connectivity index (χ0) is 16.9. The maximum atomic E-state index is 11.2. The van der Waals surface area contributed by atoms with Crippen LogP contribution in [0.25, 0.3) is 0 Å². The number of anilines is 1. The molecule has 1 fully saturated rings. The number of hydrogen-bond acceptors (Lipinski definition) is 5. The van der Waals surface area contributed by atoms with Crippen molar-refractivity contribution in [2.45, 2.75) is 18.9 Å². The van der Waals surface area contributed by atoms with Gasteiger partial charge in [0.05, 0.1) is 11.0 Å². The summed E-state index contributed by atoms with van der Waals surface area (Å²) < 4.78 is 0.596. The van der Waals surface area contributed by atoms with Crippen LogP contribution in [0.4, 0.5) is 11.5 Å². The van der Waals surface area contributed by atoms with Crippen molar-refractivity contribution in [3.63, 3.8) is 0 Å². The lowest BCUT2D eigenvalue weighted by Crippen LogP contribution is -2.31. The molecule has 0 aliphatic carbocycles. The van der Waals surface area contributed by atoms with Gasteiger partial charge in [-0.2, -0.15) is 0 Å². The van der Waals surface area contributed by atoms with Crippen molar-refractivity contribution in [2.75, 3.05) is 25.0 Å². The van der Waals surface area contributed by atoms with Crippen molar-refractivity contribution >= 4 is 27.4 Å². The standard InChI is InChI=1S/C17H19BrN4O2/c18-14-10-15(22(23)24)17(19-11-14)20-12-16(21-8-4-5-9-21)13-6-2-1-3-7-13/h1-3,6-7,10-11,16H,4-5,8-9,12H2,(H,19,20). The Balaban J connectivity index is 1.80. The molecule has 0 amide bonds. The highest BCUT2D eigenvalue weighted by Gasteiger charge is 2.24. The summed E-state index contributed by atoms with van der Waals surface area (Å²) in [5.41, 5.74) is 1.20. The fourth-order valence-electron chi connectivity index (χ4n) is 3.08. The molecule has 0 saturated carbocycles. The number of rotatable bonds is 6. The molecule has 1 aliphatic heterocycles. The summed E-state index contributed by atoms with van der Waals surface area (Å²) in [5.74, 6) is 0.309. The highest BCUT2D eigenvalue weighted by atomic mass is 79.9. The van der Waals surface area contributed by atoms with Gasteiger partial charge < -0.3 is 5.32 Å². The van der Waals surface area contributed by atoms with Crippen LogP contribution < -0.4 is 5.32 Å². The van der Waals surface area contributed by atoms with Crippen LogP contribution in [0.15, 0.2) is 47.1 Å². The zero-order valence-corrected chi connectivity index (χ0v) is 14.8. The predicted molar refractivity (Wildman–Crippen MR) is 97.1 cm³/mol. The molecule has 1 atom stereocenters. The second kappa shape index (κ2) is 7.72. The van der Waals surface area contributed by atoms with Gasteiger partial charge in [-0.1, -0.05) is 30.3 Å². The lowest BCUT2D eigenvalue weighted by atomic mass is 10.1. The Bertz CT molecular complexity index is 705. The summed E-state index contributed by atoms with van der Waals surface area (Å²) in [5, 5.41) is 14.4. The summed E-state index contributed by atoms with van der Waals surface area (Å²) in [6, 6.07) is 11.9. The van der Waals surface area contributed by atoms with Gasteiger partial charge >= 0.3 is 5.69 Å². The van der Waals surface area contributed by atoms with Crippen LogP contribution in [-0.4, -0.2) is 34.4 Å². The van der Waals surface area contributed by atoms with E-state index in [4.69, 9.17) is 0 Å². The number of likely N-dealkylation sites (tertiary alicyclic amines) is 1. The molecule has 1 aromatic heterocycles. The quantitative estimate of drug-likeness (QED) is 0.595. The predicted octanol–water partition coefficient (Wildman–Crippen LogP) is 4.00. The number of nitrogens with zero attached hydrogens (tertiary/aromatic N) is 3. The molecular weight excluding hydrogens is 372 g/mol. The number of pyridine rings is 1. The van der Waals surface area contributed by atoms with E-state index in [9.17, 15) is 10.1 Å². The summed E-state index contributed by atoms with van der Waals surface area (Å²) in [6.07, 6.45) is 3.96. The first-order valence-corrected chi connectivity index (χ1v) is 8.77. The zero-order valence-electron chi connectivity index (χ0n) is 13.2. The van der Waals surface area contributed by atoms with E-state index >= 15 is 0 Å². The van der Waals surface area contributed by atoms with Gasteiger partial charge in [0.25, 0.3) is 0 Å². The van der Waals surface area contributed by atoms with E-state index in [2.05, 4.69) is 43.3 Å². The monoisotopic (exact) mass is 390 g/mol. The maximum Gasteiger partial charge on any atom is 0.312 e. The van der Waals surface area contributed by atoms with E-state index in [1.165, 1.54) is 24.5 Å². The first-order valence-electron chi connectivity index (χ1n) is 7.98. The maximum absolute atomic E-state index is 11.2. The number of hydrogen-bond donors (Lipinski definition) is 1. The number of nitro groups is 1. The average Bonchev–Trinajstić information content (AvgIpc) is 3.11. The van der Waals surface area contributed by atoms with Crippen molar-refractivity contribution in [1.29, 1.82) is 0 Å². The Kier molecular flexibility index (Phi) is 5.42. The molecule has 24 heavy (non-hydrogen) atoms. The first kappa shape index (κ1) is 16.9. The van der Waals surface area contributed by atoms with Gasteiger partial charge in [0.1, 0.15) is 0 Å². The summed E-state index contributed by atoms with van der Waals surface area (Å²) in [4.78, 5) is 17.4. The number of aromatic nitrogens is 1. The molecule has 126 valence electrons. The third-order valence-corrected chi connectivity index (χ3v) is 4.69. The van der Waals surface area contributed by atoms with Crippen LogP contribution in [-0.2, 0) is 0 Å². The molecule has 2 aromatic rings. The number of nitrogens with one attached hydrogen (secondary N) is 1. The van der Waals surface area contributed by atoms with Crippen molar-refractivity contribution in [1.82, 2.24) is 9.88 Å². The van der Waals surface area contributed by atoms with E-state index in [1.54, 1.807) is 6.20 Å². The van der Waals surface area contributed by atoms with Gasteiger partial charge in [-0.25, -0.2) is 4.98 Å². The van der Waals surface area contributed by atoms with Crippen LogP contribution in [0.2, 0.25) is 0 Å². The molecule has 1 unspecified atom stereocenters. The third-order valence-electron chi connectivity index (χ3n) is 4.26. The topological polar surface area (TPSA) is 71.3 Å². The second-order valence-electron chi connectivity index (χ2n) is 5.83. The van der Waals surface area contributed by atoms with E-state index < -0.39 is 4.92 Å². The Hall–Kier alpha value is -1.99. The summed E-state index contributed by atoms with van der Waals surface area (Å²) >= 11 is 3.23. The van der Waals surface area contributed by atoms with Crippen LogP contribution in [0.3, 0.4) is 0 Å². The van der Waals surface area contributed by atoms with Gasteiger partial charge in [0, 0.05) is 23.3 Å². The Labute approximate surface area is 149 Å². The average molecular weight is 391 g/mol. The van der Waals surface area contributed by atoms with Gasteiger partial charge in [0.2, 0.25) is 5.82 Å². The normalized spacial score (nSPS) is 16.0. The SMILES string of the molecule is O=[N+]([O-])c1cc(Br)cnc1NCC(c1ccccc1)N1CCCC1. The largest absolute Gasteiger partial charge is 0.362 e. The second-order valence-corrected chi connectivity index (χ2v) is 6.74. The fourth-order valence-corrected chi connectivity index (χ4v) is 3.40. The van der Waals surface area contributed by atoms with E-state index in [0.717, 1.165) is 13.1 Å².